The zero-order valence-electron chi connectivity index (χ0n) is 21.3. The van der Waals surface area contributed by atoms with Gasteiger partial charge >= 0.3 is 5.91 Å². The molecule has 2 aromatic carbocycles. The van der Waals surface area contributed by atoms with Crippen molar-refractivity contribution in [1.82, 2.24) is 5.16 Å². The molecule has 0 aliphatic carbocycles. The number of unbranched alkanes of at least 4 members (excludes halogenated alkanes) is 1. The lowest BCUT2D eigenvalue weighted by Crippen LogP contribution is -2.29. The maximum absolute atomic E-state index is 13.3. The number of Topliss-reactive ketones (excluding diaryl/α,β-unsaturated/α-hetero) is 1. The number of rotatable bonds is 10. The van der Waals surface area contributed by atoms with Gasteiger partial charge in [-0.25, -0.2) is 0 Å². The molecule has 1 fully saturated rings. The Balaban J connectivity index is 1.84. The highest BCUT2D eigenvalue weighted by atomic mass is 16.5. The average Bonchev–Trinajstić information content (AvgIpc) is 3.44. The summed E-state index contributed by atoms with van der Waals surface area (Å²) in [5.74, 6) is 0.273. The summed E-state index contributed by atoms with van der Waals surface area (Å²) in [7, 11) is 1.52. The number of carbonyl (C=O) groups excluding carboxylic acids is 2. The Bertz CT molecular complexity index is 1310. The summed E-state index contributed by atoms with van der Waals surface area (Å²) in [5.41, 5.74) is 0.831. The molecule has 1 amide bonds. The normalized spacial score (nSPS) is 16.8. The minimum Gasteiger partial charge on any atom is -0.507 e. The van der Waals surface area contributed by atoms with Gasteiger partial charge in [-0.2, -0.15) is 0 Å². The SMILES string of the molecule is CCCCOc1ccc([C@@H]2C(=C(O)c3ccc(OCC)cc3)C(=O)C(=O)N2c2cc(C)on2)cc1OC. The Morgan fingerprint density at radius 1 is 1.05 bits per heavy atom. The standard InChI is InChI=1S/C28H30N2O7/c1-5-7-14-36-21-13-10-19(16-22(21)34-4)25-24(26(31)18-8-11-20(12-9-18)35-6-2)27(32)28(33)30(25)23-15-17(3)37-29-23/h8-13,15-16,25,31H,5-7,14H2,1-4H3/t25-/m1/s1. The zero-order chi connectivity index (χ0) is 26.5. The molecule has 9 heteroatoms. The van der Waals surface area contributed by atoms with Gasteiger partial charge in [-0.3, -0.25) is 14.5 Å². The van der Waals surface area contributed by atoms with E-state index in [1.54, 1.807) is 55.5 Å². The summed E-state index contributed by atoms with van der Waals surface area (Å²) in [4.78, 5) is 27.8. The Labute approximate surface area is 215 Å². The number of ketones is 1. The fourth-order valence-electron chi connectivity index (χ4n) is 4.18. The van der Waals surface area contributed by atoms with E-state index in [4.69, 9.17) is 18.7 Å². The van der Waals surface area contributed by atoms with Gasteiger partial charge in [0.1, 0.15) is 17.3 Å². The molecule has 1 aliphatic heterocycles. The monoisotopic (exact) mass is 506 g/mol. The molecule has 3 aromatic rings. The Hall–Kier alpha value is -4.27. The highest BCUT2D eigenvalue weighted by Gasteiger charge is 2.48. The van der Waals surface area contributed by atoms with Crippen molar-refractivity contribution in [3.8, 4) is 17.2 Å². The van der Waals surface area contributed by atoms with Crippen molar-refractivity contribution in [3.05, 3.63) is 71.0 Å². The molecule has 2 heterocycles. The summed E-state index contributed by atoms with van der Waals surface area (Å²) in [6.45, 7) is 6.65. The van der Waals surface area contributed by atoms with Crippen LogP contribution in [0.4, 0.5) is 5.82 Å². The van der Waals surface area contributed by atoms with Crippen LogP contribution in [0.2, 0.25) is 0 Å². The van der Waals surface area contributed by atoms with Gasteiger partial charge in [0.2, 0.25) is 0 Å². The van der Waals surface area contributed by atoms with Crippen molar-refractivity contribution in [2.75, 3.05) is 25.2 Å². The zero-order valence-corrected chi connectivity index (χ0v) is 21.3. The molecule has 1 aliphatic rings. The van der Waals surface area contributed by atoms with Crippen LogP contribution in [0, 0.1) is 6.92 Å². The van der Waals surface area contributed by atoms with E-state index in [0.29, 0.717) is 47.3 Å². The van der Waals surface area contributed by atoms with Crippen molar-refractivity contribution < 1.29 is 33.4 Å². The first kappa shape index (κ1) is 25.8. The van der Waals surface area contributed by atoms with Crippen LogP contribution in [0.3, 0.4) is 0 Å². The number of hydrogen-bond donors (Lipinski definition) is 1. The van der Waals surface area contributed by atoms with E-state index in [-0.39, 0.29) is 17.2 Å². The highest BCUT2D eigenvalue weighted by Crippen LogP contribution is 2.44. The lowest BCUT2D eigenvalue weighted by atomic mass is 9.95. The van der Waals surface area contributed by atoms with Crippen LogP contribution in [0.5, 0.6) is 17.2 Å². The summed E-state index contributed by atoms with van der Waals surface area (Å²) in [6, 6.07) is 12.4. The van der Waals surface area contributed by atoms with Gasteiger partial charge in [-0.15, -0.1) is 0 Å². The van der Waals surface area contributed by atoms with Crippen LogP contribution in [0.25, 0.3) is 5.76 Å². The number of aliphatic hydroxyl groups is 1. The quantitative estimate of drug-likeness (QED) is 0.173. The van der Waals surface area contributed by atoms with Crippen LogP contribution in [-0.2, 0) is 9.59 Å². The third kappa shape index (κ3) is 5.16. The number of aliphatic hydroxyl groups excluding tert-OH is 1. The third-order valence-electron chi connectivity index (χ3n) is 6.00. The number of carbonyl (C=O) groups is 2. The van der Waals surface area contributed by atoms with E-state index in [1.807, 2.05) is 6.92 Å². The number of hydrogen-bond acceptors (Lipinski definition) is 8. The number of anilines is 1. The molecule has 4 rings (SSSR count). The van der Waals surface area contributed by atoms with Gasteiger partial charge in [-0.05, 0) is 62.2 Å². The second-order valence-corrected chi connectivity index (χ2v) is 8.53. The fraction of sp³-hybridized carbons (Fsp3) is 0.321. The number of aryl methyl sites for hydroxylation is 1. The van der Waals surface area contributed by atoms with Crippen molar-refractivity contribution in [2.45, 2.75) is 39.7 Å². The van der Waals surface area contributed by atoms with E-state index in [1.165, 1.54) is 12.0 Å². The topological polar surface area (TPSA) is 111 Å². The van der Waals surface area contributed by atoms with Crippen LogP contribution in [0.15, 0.2) is 58.6 Å². The minimum atomic E-state index is -0.977. The predicted molar refractivity (Wildman–Crippen MR) is 137 cm³/mol. The molecule has 1 atom stereocenters. The van der Waals surface area contributed by atoms with Crippen molar-refractivity contribution in [2.24, 2.45) is 0 Å². The largest absolute Gasteiger partial charge is 0.507 e. The number of amides is 1. The van der Waals surface area contributed by atoms with Crippen LogP contribution < -0.4 is 19.1 Å². The highest BCUT2D eigenvalue weighted by molar-refractivity contribution is 6.51. The number of aromatic nitrogens is 1. The molecule has 37 heavy (non-hydrogen) atoms. The molecule has 194 valence electrons. The Kier molecular flexibility index (Phi) is 7.81. The smallest absolute Gasteiger partial charge is 0.301 e. The van der Waals surface area contributed by atoms with Crippen LogP contribution in [-0.4, -0.2) is 42.3 Å². The van der Waals surface area contributed by atoms with Crippen LogP contribution >= 0.6 is 0 Å². The number of benzene rings is 2. The molecule has 0 bridgehead atoms. The Morgan fingerprint density at radius 2 is 1.81 bits per heavy atom. The second-order valence-electron chi connectivity index (χ2n) is 8.53. The molecule has 1 aromatic heterocycles. The lowest BCUT2D eigenvalue weighted by molar-refractivity contribution is -0.132. The molecule has 0 spiro atoms. The van der Waals surface area contributed by atoms with Gasteiger partial charge in [-0.1, -0.05) is 24.6 Å². The first-order valence-electron chi connectivity index (χ1n) is 12.2. The first-order valence-corrected chi connectivity index (χ1v) is 12.2. The van der Waals surface area contributed by atoms with Gasteiger partial charge in [0, 0.05) is 11.6 Å². The van der Waals surface area contributed by atoms with Gasteiger partial charge in [0.05, 0.1) is 31.9 Å². The van der Waals surface area contributed by atoms with Gasteiger partial charge in [0.15, 0.2) is 17.3 Å². The van der Waals surface area contributed by atoms with Crippen LogP contribution in [0.1, 0.15) is 49.6 Å². The predicted octanol–water partition coefficient (Wildman–Crippen LogP) is 5.20. The van der Waals surface area contributed by atoms with E-state index in [9.17, 15) is 14.7 Å². The maximum atomic E-state index is 13.3. The third-order valence-corrected chi connectivity index (χ3v) is 6.00. The molecule has 0 unspecified atom stereocenters. The van der Waals surface area contributed by atoms with Gasteiger partial charge < -0.3 is 23.8 Å². The molecule has 9 nitrogen and oxygen atoms in total. The number of nitrogens with zero attached hydrogens (tertiary/aromatic N) is 2. The fourth-order valence-corrected chi connectivity index (χ4v) is 4.18. The van der Waals surface area contributed by atoms with E-state index in [2.05, 4.69) is 12.1 Å². The summed E-state index contributed by atoms with van der Waals surface area (Å²) < 4.78 is 22.1. The van der Waals surface area contributed by atoms with E-state index >= 15 is 0 Å². The second kappa shape index (κ2) is 11.2. The van der Waals surface area contributed by atoms with Crippen molar-refractivity contribution in [1.29, 1.82) is 0 Å². The summed E-state index contributed by atoms with van der Waals surface area (Å²) >= 11 is 0. The van der Waals surface area contributed by atoms with Crippen molar-refractivity contribution in [3.63, 3.8) is 0 Å². The summed E-state index contributed by atoms with van der Waals surface area (Å²) in [6.07, 6.45) is 1.87. The van der Waals surface area contributed by atoms with E-state index in [0.717, 1.165) is 12.8 Å². The molecular formula is C28H30N2O7. The summed E-state index contributed by atoms with van der Waals surface area (Å²) in [5, 5.41) is 15.3. The molecule has 1 saturated heterocycles. The molecule has 0 saturated carbocycles. The first-order chi connectivity index (χ1) is 17.9. The molecular weight excluding hydrogens is 476 g/mol. The van der Waals surface area contributed by atoms with E-state index < -0.39 is 17.7 Å². The van der Waals surface area contributed by atoms with Crippen molar-refractivity contribution >= 4 is 23.3 Å². The lowest BCUT2D eigenvalue weighted by Gasteiger charge is -2.24. The van der Waals surface area contributed by atoms with Gasteiger partial charge in [0.25, 0.3) is 5.78 Å². The number of methoxy groups -OCH3 is 1. The Morgan fingerprint density at radius 3 is 2.43 bits per heavy atom. The minimum absolute atomic E-state index is 0.0727. The molecule has 1 N–H and O–H groups in total. The number of ether oxygens (including phenoxy) is 3. The average molecular weight is 507 g/mol. The maximum Gasteiger partial charge on any atom is 0.301 e. The molecule has 0 radical (unpaired) electrons.